The standard InChI is InChI=1S/C11H10F2N2OS/c12-8-1-3-11(4-2-8)17(16)15-7-9(13)5-10(15)6-14/h1-4,9-10H,5,7H2/t9-,10-,17?/m1/s1. The number of hydrogen-bond donors (Lipinski definition) is 0. The zero-order chi connectivity index (χ0) is 12.4. The molecule has 0 radical (unpaired) electrons. The van der Waals surface area contributed by atoms with Crippen LogP contribution in [0.3, 0.4) is 0 Å². The van der Waals surface area contributed by atoms with Crippen molar-refractivity contribution in [2.24, 2.45) is 0 Å². The Balaban J connectivity index is 2.20. The number of alkyl halides is 1. The average Bonchev–Trinajstić information content (AvgIpc) is 2.70. The van der Waals surface area contributed by atoms with E-state index in [0.717, 1.165) is 0 Å². The lowest BCUT2D eigenvalue weighted by atomic mass is 10.2. The quantitative estimate of drug-likeness (QED) is 0.809. The van der Waals surface area contributed by atoms with Crippen LogP contribution in [0.15, 0.2) is 29.2 Å². The third kappa shape index (κ3) is 2.51. The summed E-state index contributed by atoms with van der Waals surface area (Å²) in [7, 11) is -1.61. The smallest absolute Gasteiger partial charge is 0.128 e. The lowest BCUT2D eigenvalue weighted by molar-refractivity contribution is 0.347. The molecule has 0 spiro atoms. The number of nitrogens with zero attached hydrogens (tertiary/aromatic N) is 2. The van der Waals surface area contributed by atoms with Crippen LogP contribution >= 0.6 is 0 Å². The molecular weight excluding hydrogens is 246 g/mol. The van der Waals surface area contributed by atoms with Crippen molar-refractivity contribution >= 4 is 11.0 Å². The zero-order valence-electron chi connectivity index (χ0n) is 8.85. The molecule has 0 N–H and O–H groups in total. The SMILES string of the molecule is N#C[C@H]1C[C@@H](F)CN1S(=O)c1ccc(F)cc1. The minimum Gasteiger partial charge on any atom is -0.246 e. The van der Waals surface area contributed by atoms with Gasteiger partial charge in [0, 0.05) is 13.0 Å². The monoisotopic (exact) mass is 256 g/mol. The van der Waals surface area contributed by atoms with Crippen LogP contribution in [0.4, 0.5) is 8.78 Å². The lowest BCUT2D eigenvalue weighted by Gasteiger charge is -2.17. The van der Waals surface area contributed by atoms with Crippen molar-refractivity contribution in [1.29, 1.82) is 5.26 Å². The van der Waals surface area contributed by atoms with Crippen LogP contribution < -0.4 is 0 Å². The first-order chi connectivity index (χ1) is 8.11. The highest BCUT2D eigenvalue weighted by atomic mass is 32.2. The van der Waals surface area contributed by atoms with Crippen molar-refractivity contribution in [3.8, 4) is 6.07 Å². The molecule has 90 valence electrons. The predicted molar refractivity (Wildman–Crippen MR) is 58.4 cm³/mol. The van der Waals surface area contributed by atoms with Crippen molar-refractivity contribution in [3.63, 3.8) is 0 Å². The summed E-state index contributed by atoms with van der Waals surface area (Å²) in [6.07, 6.45) is -1.06. The van der Waals surface area contributed by atoms with E-state index in [2.05, 4.69) is 0 Å². The third-order valence-corrected chi connectivity index (χ3v) is 4.09. The van der Waals surface area contributed by atoms with E-state index in [4.69, 9.17) is 5.26 Å². The Kier molecular flexibility index (Phi) is 3.50. The average molecular weight is 256 g/mol. The van der Waals surface area contributed by atoms with Gasteiger partial charge in [-0.25, -0.2) is 17.3 Å². The number of rotatable bonds is 2. The molecule has 1 unspecified atom stereocenters. The number of nitriles is 1. The Morgan fingerprint density at radius 1 is 1.41 bits per heavy atom. The number of hydrogen-bond acceptors (Lipinski definition) is 2. The van der Waals surface area contributed by atoms with Gasteiger partial charge >= 0.3 is 0 Å². The first kappa shape index (κ1) is 12.1. The maximum atomic E-state index is 13.2. The first-order valence-corrected chi connectivity index (χ1v) is 6.20. The van der Waals surface area contributed by atoms with E-state index in [1.807, 2.05) is 6.07 Å². The van der Waals surface area contributed by atoms with E-state index in [0.29, 0.717) is 4.90 Å². The summed E-state index contributed by atoms with van der Waals surface area (Å²) in [5.41, 5.74) is 0. The lowest BCUT2D eigenvalue weighted by Crippen LogP contribution is -2.30. The molecule has 1 aromatic rings. The summed E-state index contributed by atoms with van der Waals surface area (Å²) in [6, 6.07) is 6.39. The summed E-state index contributed by atoms with van der Waals surface area (Å²) in [5.74, 6) is -0.424. The molecule has 0 bridgehead atoms. The number of halogens is 2. The first-order valence-electron chi connectivity index (χ1n) is 5.09. The molecule has 3 atom stereocenters. The van der Waals surface area contributed by atoms with Crippen LogP contribution in [0.5, 0.6) is 0 Å². The molecule has 6 heteroatoms. The molecule has 1 aliphatic rings. The Hall–Kier alpha value is -1.32. The highest BCUT2D eigenvalue weighted by Crippen LogP contribution is 2.24. The van der Waals surface area contributed by atoms with Gasteiger partial charge in [0.2, 0.25) is 0 Å². The van der Waals surface area contributed by atoms with Crippen LogP contribution in [0.25, 0.3) is 0 Å². The minimum atomic E-state index is -1.61. The molecule has 0 aliphatic carbocycles. The summed E-state index contributed by atoms with van der Waals surface area (Å²) in [6.45, 7) is -0.0256. The summed E-state index contributed by atoms with van der Waals surface area (Å²) < 4.78 is 39.2. The van der Waals surface area contributed by atoms with Gasteiger partial charge in [-0.3, -0.25) is 0 Å². The Morgan fingerprint density at radius 3 is 2.65 bits per heavy atom. The van der Waals surface area contributed by atoms with Crippen molar-refractivity contribution in [2.75, 3.05) is 6.54 Å². The molecule has 1 fully saturated rings. The fourth-order valence-electron chi connectivity index (χ4n) is 1.74. The molecule has 1 saturated heterocycles. The van der Waals surface area contributed by atoms with Gasteiger partial charge in [-0.05, 0) is 24.3 Å². The fraction of sp³-hybridized carbons (Fsp3) is 0.364. The molecule has 17 heavy (non-hydrogen) atoms. The van der Waals surface area contributed by atoms with Gasteiger partial charge in [-0.1, -0.05) is 0 Å². The molecular formula is C11H10F2N2OS. The van der Waals surface area contributed by atoms with Gasteiger partial charge in [0.1, 0.15) is 29.0 Å². The molecule has 0 amide bonds. The minimum absolute atomic E-state index is 0.0256. The largest absolute Gasteiger partial charge is 0.246 e. The van der Waals surface area contributed by atoms with Gasteiger partial charge in [0.05, 0.1) is 11.0 Å². The predicted octanol–water partition coefficient (Wildman–Crippen LogP) is 1.78. The van der Waals surface area contributed by atoms with Gasteiger partial charge in [0.25, 0.3) is 0 Å². The Labute approximate surface area is 100 Å². The highest BCUT2D eigenvalue weighted by Gasteiger charge is 2.36. The van der Waals surface area contributed by atoms with Crippen molar-refractivity contribution in [1.82, 2.24) is 4.31 Å². The van der Waals surface area contributed by atoms with Crippen LogP contribution in [0.2, 0.25) is 0 Å². The second-order valence-corrected chi connectivity index (χ2v) is 5.22. The molecule has 3 nitrogen and oxygen atoms in total. The molecule has 0 aromatic heterocycles. The van der Waals surface area contributed by atoms with E-state index >= 15 is 0 Å². The number of benzene rings is 1. The molecule has 0 saturated carbocycles. The maximum Gasteiger partial charge on any atom is 0.128 e. The van der Waals surface area contributed by atoms with Gasteiger partial charge in [-0.15, -0.1) is 0 Å². The van der Waals surface area contributed by atoms with E-state index in [-0.39, 0.29) is 13.0 Å². The Bertz CT molecular complexity index is 471. The molecule has 1 aromatic carbocycles. The summed E-state index contributed by atoms with van der Waals surface area (Å²) in [4.78, 5) is 0.376. The zero-order valence-corrected chi connectivity index (χ0v) is 9.66. The van der Waals surface area contributed by atoms with Crippen LogP contribution in [0.1, 0.15) is 6.42 Å². The van der Waals surface area contributed by atoms with Gasteiger partial charge < -0.3 is 0 Å². The maximum absolute atomic E-state index is 13.2. The summed E-state index contributed by atoms with van der Waals surface area (Å²) in [5, 5.41) is 8.84. The van der Waals surface area contributed by atoms with Crippen LogP contribution in [-0.4, -0.2) is 27.3 Å². The topological polar surface area (TPSA) is 44.1 Å². The highest BCUT2D eigenvalue weighted by molar-refractivity contribution is 7.82. The van der Waals surface area contributed by atoms with E-state index in [1.165, 1.54) is 28.6 Å². The van der Waals surface area contributed by atoms with E-state index < -0.39 is 29.0 Å². The molecule has 1 heterocycles. The molecule has 2 rings (SSSR count). The van der Waals surface area contributed by atoms with Crippen LogP contribution in [0, 0.1) is 17.1 Å². The van der Waals surface area contributed by atoms with E-state index in [1.54, 1.807) is 0 Å². The van der Waals surface area contributed by atoms with Crippen molar-refractivity contribution < 1.29 is 13.0 Å². The van der Waals surface area contributed by atoms with Crippen molar-refractivity contribution in [3.05, 3.63) is 30.1 Å². The third-order valence-electron chi connectivity index (χ3n) is 2.58. The van der Waals surface area contributed by atoms with E-state index in [9.17, 15) is 13.0 Å². The van der Waals surface area contributed by atoms with Crippen LogP contribution in [-0.2, 0) is 11.0 Å². The molecule has 1 aliphatic heterocycles. The van der Waals surface area contributed by atoms with Crippen molar-refractivity contribution in [2.45, 2.75) is 23.5 Å². The van der Waals surface area contributed by atoms with Gasteiger partial charge in [-0.2, -0.15) is 5.26 Å². The second-order valence-electron chi connectivity index (χ2n) is 3.78. The summed E-state index contributed by atoms with van der Waals surface area (Å²) >= 11 is 0. The fourth-order valence-corrected chi connectivity index (χ4v) is 3.04. The van der Waals surface area contributed by atoms with Gasteiger partial charge in [0.15, 0.2) is 0 Å². The normalized spacial score (nSPS) is 26.6. The Morgan fingerprint density at radius 2 is 2.06 bits per heavy atom. The second kappa shape index (κ2) is 4.90.